The van der Waals surface area contributed by atoms with Crippen molar-refractivity contribution in [1.29, 1.82) is 0 Å². The molecule has 0 radical (unpaired) electrons. The van der Waals surface area contributed by atoms with E-state index >= 15 is 0 Å². The fourth-order valence-electron chi connectivity index (χ4n) is 3.20. The van der Waals surface area contributed by atoms with Gasteiger partial charge in [0.15, 0.2) is 18.1 Å². The molecule has 37 heavy (non-hydrogen) atoms. The number of aryl methyl sites for hydroxylation is 2. The molecule has 0 atom stereocenters. The Hall–Kier alpha value is -4.66. The van der Waals surface area contributed by atoms with Gasteiger partial charge >= 0.3 is 11.8 Å². The summed E-state index contributed by atoms with van der Waals surface area (Å²) in [7, 11) is 0. The van der Waals surface area contributed by atoms with Gasteiger partial charge in [-0.05, 0) is 73.9 Å². The fraction of sp³-hybridized carbons (Fsp3) is 0.214. The Kier molecular flexibility index (Phi) is 9.78. The van der Waals surface area contributed by atoms with E-state index in [0.29, 0.717) is 35.0 Å². The molecule has 0 aromatic heterocycles. The first-order valence-electron chi connectivity index (χ1n) is 11.9. The molecule has 0 saturated heterocycles. The second kappa shape index (κ2) is 13.4. The van der Waals surface area contributed by atoms with Crippen molar-refractivity contribution in [3.8, 4) is 11.5 Å². The lowest BCUT2D eigenvalue weighted by Gasteiger charge is -2.13. The normalized spacial score (nSPS) is 10.6. The molecule has 192 valence electrons. The van der Waals surface area contributed by atoms with Crippen LogP contribution in [0.4, 0.5) is 11.4 Å². The van der Waals surface area contributed by atoms with Crippen molar-refractivity contribution in [3.63, 3.8) is 0 Å². The Morgan fingerprint density at radius 3 is 2.16 bits per heavy atom. The first-order chi connectivity index (χ1) is 17.9. The van der Waals surface area contributed by atoms with E-state index in [0.717, 1.165) is 12.0 Å². The van der Waals surface area contributed by atoms with Crippen LogP contribution in [0.3, 0.4) is 0 Å². The van der Waals surface area contributed by atoms with Crippen molar-refractivity contribution in [2.45, 2.75) is 27.2 Å². The van der Waals surface area contributed by atoms with Crippen LogP contribution in [-0.4, -0.2) is 37.1 Å². The third kappa shape index (κ3) is 8.50. The van der Waals surface area contributed by atoms with Crippen LogP contribution in [0.2, 0.25) is 0 Å². The highest BCUT2D eigenvalue weighted by Gasteiger charge is 2.13. The highest BCUT2D eigenvalue weighted by molar-refractivity contribution is 6.39. The van der Waals surface area contributed by atoms with E-state index in [2.05, 4.69) is 28.1 Å². The Morgan fingerprint density at radius 2 is 1.49 bits per heavy atom. The number of hydrogen-bond acceptors (Lipinski definition) is 6. The third-order valence-corrected chi connectivity index (χ3v) is 5.17. The molecule has 0 fully saturated rings. The van der Waals surface area contributed by atoms with Crippen LogP contribution < -0.4 is 25.5 Å². The molecule has 3 rings (SSSR count). The molecule has 0 aliphatic rings. The number of carbonyl (C=O) groups excluding carboxylic acids is 3. The van der Waals surface area contributed by atoms with Gasteiger partial charge in [0, 0.05) is 11.4 Å². The Labute approximate surface area is 215 Å². The lowest BCUT2D eigenvalue weighted by molar-refractivity contribution is -0.136. The van der Waals surface area contributed by atoms with E-state index in [9.17, 15) is 14.4 Å². The summed E-state index contributed by atoms with van der Waals surface area (Å²) in [5.74, 6) is -1.24. The molecule has 0 aliphatic heterocycles. The van der Waals surface area contributed by atoms with E-state index in [1.165, 1.54) is 11.8 Å². The maximum absolute atomic E-state index is 12.3. The second-order valence-corrected chi connectivity index (χ2v) is 8.05. The average molecular weight is 503 g/mol. The van der Waals surface area contributed by atoms with Gasteiger partial charge in [-0.1, -0.05) is 36.8 Å². The first-order valence-corrected chi connectivity index (χ1v) is 11.9. The molecule has 9 nitrogen and oxygen atoms in total. The summed E-state index contributed by atoms with van der Waals surface area (Å²) >= 11 is 0. The van der Waals surface area contributed by atoms with Crippen molar-refractivity contribution < 1.29 is 23.9 Å². The van der Waals surface area contributed by atoms with Gasteiger partial charge in [0.25, 0.3) is 5.91 Å². The van der Waals surface area contributed by atoms with Crippen LogP contribution in [-0.2, 0) is 20.8 Å². The third-order valence-electron chi connectivity index (χ3n) is 5.17. The number of anilines is 2. The van der Waals surface area contributed by atoms with Crippen molar-refractivity contribution >= 4 is 35.3 Å². The van der Waals surface area contributed by atoms with Crippen molar-refractivity contribution in [1.82, 2.24) is 5.43 Å². The number of rotatable bonds is 10. The van der Waals surface area contributed by atoms with Crippen LogP contribution in [0.5, 0.6) is 11.5 Å². The summed E-state index contributed by atoms with van der Waals surface area (Å²) in [5.41, 5.74) is 6.21. The summed E-state index contributed by atoms with van der Waals surface area (Å²) in [6.45, 7) is 5.99. The number of carbonyl (C=O) groups is 3. The average Bonchev–Trinajstić information content (AvgIpc) is 2.90. The van der Waals surface area contributed by atoms with Crippen LogP contribution >= 0.6 is 0 Å². The second-order valence-electron chi connectivity index (χ2n) is 8.05. The molecule has 0 aliphatic carbocycles. The van der Waals surface area contributed by atoms with E-state index in [1.54, 1.807) is 30.3 Å². The molecule has 0 spiro atoms. The Balaban J connectivity index is 1.54. The van der Waals surface area contributed by atoms with Gasteiger partial charge in [-0.15, -0.1) is 0 Å². The molecular weight excluding hydrogens is 472 g/mol. The number of hydrazone groups is 1. The fourth-order valence-corrected chi connectivity index (χ4v) is 3.20. The summed E-state index contributed by atoms with van der Waals surface area (Å²) in [5, 5.41) is 9.13. The lowest BCUT2D eigenvalue weighted by Crippen LogP contribution is -2.32. The molecule has 3 aromatic rings. The molecule has 9 heteroatoms. The molecule has 3 amide bonds. The van der Waals surface area contributed by atoms with Gasteiger partial charge in [0.1, 0.15) is 0 Å². The number of benzene rings is 3. The minimum Gasteiger partial charge on any atom is -0.490 e. The zero-order valence-corrected chi connectivity index (χ0v) is 21.0. The zero-order chi connectivity index (χ0) is 26.6. The quantitative estimate of drug-likeness (QED) is 0.220. The standard InChI is InChI=1S/C28H30N4O5/c1-4-20-8-13-22(14-9-20)30-26(33)18-37-24-15-10-21(16-25(24)36-5-2)17-29-32-28(35)27(34)31-23-11-6-19(3)7-12-23/h6-17H,4-5,18H2,1-3H3,(H,30,33)(H,31,34)(H,32,35)/b29-17-. The van der Waals surface area contributed by atoms with Gasteiger partial charge in [-0.2, -0.15) is 5.10 Å². The minimum absolute atomic E-state index is 0.199. The summed E-state index contributed by atoms with van der Waals surface area (Å²) in [6, 6.07) is 19.7. The molecule has 0 heterocycles. The highest BCUT2D eigenvalue weighted by Crippen LogP contribution is 2.28. The maximum Gasteiger partial charge on any atom is 0.329 e. The number of hydrogen-bond donors (Lipinski definition) is 3. The van der Waals surface area contributed by atoms with Gasteiger partial charge in [0.05, 0.1) is 12.8 Å². The van der Waals surface area contributed by atoms with Gasteiger partial charge in [-0.3, -0.25) is 14.4 Å². The van der Waals surface area contributed by atoms with Crippen LogP contribution in [0.1, 0.15) is 30.5 Å². The first kappa shape index (κ1) is 26.9. The Bertz CT molecular complexity index is 1250. The summed E-state index contributed by atoms with van der Waals surface area (Å²) in [4.78, 5) is 36.3. The van der Waals surface area contributed by atoms with Crippen molar-refractivity contribution in [3.05, 3.63) is 83.4 Å². The predicted molar refractivity (Wildman–Crippen MR) is 143 cm³/mol. The number of amides is 3. The van der Waals surface area contributed by atoms with Gasteiger partial charge < -0.3 is 20.1 Å². The lowest BCUT2D eigenvalue weighted by atomic mass is 10.1. The molecule has 0 saturated carbocycles. The van der Waals surface area contributed by atoms with Gasteiger partial charge in [-0.25, -0.2) is 5.43 Å². The van der Waals surface area contributed by atoms with Crippen LogP contribution in [0, 0.1) is 6.92 Å². The van der Waals surface area contributed by atoms with Crippen molar-refractivity contribution in [2.75, 3.05) is 23.8 Å². The highest BCUT2D eigenvalue weighted by atomic mass is 16.5. The largest absolute Gasteiger partial charge is 0.490 e. The summed E-state index contributed by atoms with van der Waals surface area (Å²) < 4.78 is 11.3. The van der Waals surface area contributed by atoms with E-state index in [-0.39, 0.29) is 12.5 Å². The SMILES string of the molecule is CCOc1cc(/C=N\NC(=O)C(=O)Nc2ccc(C)cc2)ccc1OCC(=O)Nc1ccc(CC)cc1. The summed E-state index contributed by atoms with van der Waals surface area (Å²) in [6.07, 6.45) is 2.30. The zero-order valence-electron chi connectivity index (χ0n) is 21.0. The Morgan fingerprint density at radius 1 is 0.811 bits per heavy atom. The molecule has 3 aromatic carbocycles. The molecule has 0 bridgehead atoms. The monoisotopic (exact) mass is 502 g/mol. The van der Waals surface area contributed by atoms with E-state index in [1.807, 2.05) is 50.2 Å². The topological polar surface area (TPSA) is 118 Å². The van der Waals surface area contributed by atoms with Crippen LogP contribution in [0.15, 0.2) is 71.8 Å². The van der Waals surface area contributed by atoms with E-state index in [4.69, 9.17) is 9.47 Å². The number of ether oxygens (including phenoxy) is 2. The van der Waals surface area contributed by atoms with E-state index < -0.39 is 11.8 Å². The maximum atomic E-state index is 12.3. The smallest absolute Gasteiger partial charge is 0.329 e. The van der Waals surface area contributed by atoms with Crippen LogP contribution in [0.25, 0.3) is 0 Å². The molecule has 0 unspecified atom stereocenters. The minimum atomic E-state index is -0.905. The van der Waals surface area contributed by atoms with Crippen molar-refractivity contribution in [2.24, 2.45) is 5.10 Å². The molecule has 3 N–H and O–H groups in total. The van der Waals surface area contributed by atoms with Gasteiger partial charge in [0.2, 0.25) is 0 Å². The number of nitrogens with one attached hydrogen (secondary N) is 3. The number of nitrogens with zero attached hydrogens (tertiary/aromatic N) is 1. The molecular formula is C28H30N4O5. The predicted octanol–water partition coefficient (Wildman–Crippen LogP) is 4.06.